The number of hydrogen-bond donors (Lipinski definition) is 3. The Balaban J connectivity index is 2.18. The quantitative estimate of drug-likeness (QED) is 0.644. The van der Waals surface area contributed by atoms with E-state index in [-0.39, 0.29) is 0 Å². The van der Waals surface area contributed by atoms with Crippen LogP contribution >= 0.6 is 0 Å². The summed E-state index contributed by atoms with van der Waals surface area (Å²) in [5.41, 5.74) is 9.59. The van der Waals surface area contributed by atoms with Crippen LogP contribution in [0.15, 0.2) is 48.9 Å². The second kappa shape index (κ2) is 5.69. The van der Waals surface area contributed by atoms with Gasteiger partial charge in [0.15, 0.2) is 0 Å². The zero-order valence-electron chi connectivity index (χ0n) is 12.1. The molecule has 0 saturated carbocycles. The predicted octanol–water partition coefficient (Wildman–Crippen LogP) is 2.39. The molecule has 0 unspecified atom stereocenters. The maximum Gasteiger partial charge on any atom is 0.137 e. The number of nitrogens with one attached hydrogen (secondary N) is 2. The summed E-state index contributed by atoms with van der Waals surface area (Å²) in [5.74, 6) is 0.797. The van der Waals surface area contributed by atoms with Crippen molar-refractivity contribution in [2.24, 2.45) is 5.73 Å². The third-order valence-electron chi connectivity index (χ3n) is 3.44. The van der Waals surface area contributed by atoms with E-state index >= 15 is 0 Å². The van der Waals surface area contributed by atoms with Gasteiger partial charge in [-0.05, 0) is 24.3 Å². The topological polar surface area (TPSA) is 92.1 Å². The molecule has 0 radical (unpaired) electrons. The molecule has 3 aromatic heterocycles. The summed E-state index contributed by atoms with van der Waals surface area (Å²) in [7, 11) is 1.83. The molecular weight excluding hydrogens is 276 g/mol. The molecule has 0 aliphatic carbocycles. The monoisotopic (exact) mass is 292 g/mol. The average molecular weight is 292 g/mol. The number of aromatic nitrogens is 3. The van der Waals surface area contributed by atoms with Crippen molar-refractivity contribution in [1.82, 2.24) is 14.4 Å². The first-order valence-corrected chi connectivity index (χ1v) is 6.82. The van der Waals surface area contributed by atoms with Crippen molar-refractivity contribution in [3.8, 4) is 11.4 Å². The third kappa shape index (κ3) is 2.31. The van der Waals surface area contributed by atoms with Crippen LogP contribution in [0.3, 0.4) is 0 Å². The fourth-order valence-corrected chi connectivity index (χ4v) is 2.29. The molecule has 0 bridgehead atoms. The van der Waals surface area contributed by atoms with Gasteiger partial charge in [-0.15, -0.1) is 0 Å². The normalized spacial score (nSPS) is 11.6. The lowest BCUT2D eigenvalue weighted by atomic mass is 10.1. The summed E-state index contributed by atoms with van der Waals surface area (Å²) in [6.45, 7) is 0. The Hall–Kier alpha value is -3.15. The minimum Gasteiger partial charge on any atom is -0.404 e. The molecule has 0 atom stereocenters. The lowest BCUT2D eigenvalue weighted by Gasteiger charge is -2.06. The average Bonchev–Trinajstić information content (AvgIpc) is 2.99. The highest BCUT2D eigenvalue weighted by molar-refractivity contribution is 6.08. The predicted molar refractivity (Wildman–Crippen MR) is 88.9 cm³/mol. The van der Waals surface area contributed by atoms with Crippen LogP contribution in [-0.2, 0) is 0 Å². The number of rotatable bonds is 4. The Morgan fingerprint density at radius 3 is 2.91 bits per heavy atom. The Labute approximate surface area is 127 Å². The zero-order chi connectivity index (χ0) is 15.5. The van der Waals surface area contributed by atoms with Gasteiger partial charge in [0.1, 0.15) is 11.5 Å². The minimum atomic E-state index is 0.651. The number of pyridine rings is 2. The molecule has 0 fully saturated rings. The summed E-state index contributed by atoms with van der Waals surface area (Å²) >= 11 is 0. The van der Waals surface area contributed by atoms with Crippen molar-refractivity contribution in [2.75, 3.05) is 12.4 Å². The summed E-state index contributed by atoms with van der Waals surface area (Å²) in [4.78, 5) is 8.94. The van der Waals surface area contributed by atoms with E-state index in [9.17, 15) is 0 Å². The second-order valence-electron chi connectivity index (χ2n) is 4.71. The highest BCUT2D eigenvalue weighted by atomic mass is 15.0. The molecule has 0 aromatic carbocycles. The molecule has 0 spiro atoms. The van der Waals surface area contributed by atoms with Crippen LogP contribution in [0.5, 0.6) is 0 Å². The van der Waals surface area contributed by atoms with Gasteiger partial charge in [-0.1, -0.05) is 6.07 Å². The number of nitrogens with zero attached hydrogens (tertiary/aromatic N) is 3. The van der Waals surface area contributed by atoms with Crippen molar-refractivity contribution in [2.45, 2.75) is 0 Å². The van der Waals surface area contributed by atoms with Gasteiger partial charge < -0.3 is 16.5 Å². The number of fused-ring (bicyclic) bond motifs is 1. The fourth-order valence-electron chi connectivity index (χ4n) is 2.29. The first-order valence-electron chi connectivity index (χ1n) is 6.82. The number of hydrogen-bond acceptors (Lipinski definition) is 5. The molecule has 0 saturated heterocycles. The third-order valence-corrected chi connectivity index (χ3v) is 3.44. The van der Waals surface area contributed by atoms with Crippen LogP contribution in [0.25, 0.3) is 22.6 Å². The van der Waals surface area contributed by atoms with Gasteiger partial charge >= 0.3 is 0 Å². The Kier molecular flexibility index (Phi) is 3.57. The van der Waals surface area contributed by atoms with E-state index in [2.05, 4.69) is 15.3 Å². The zero-order valence-corrected chi connectivity index (χ0v) is 12.1. The highest BCUT2D eigenvalue weighted by Gasteiger charge is 2.09. The van der Waals surface area contributed by atoms with Crippen LogP contribution in [0.4, 0.5) is 5.82 Å². The molecule has 3 aromatic rings. The van der Waals surface area contributed by atoms with Gasteiger partial charge in [0.25, 0.3) is 0 Å². The van der Waals surface area contributed by atoms with Gasteiger partial charge in [-0.25, -0.2) is 9.97 Å². The van der Waals surface area contributed by atoms with Gasteiger partial charge in [0.2, 0.25) is 0 Å². The fraction of sp³-hybridized carbons (Fsp3) is 0.0625. The van der Waals surface area contributed by atoms with E-state index in [4.69, 9.17) is 11.1 Å². The van der Waals surface area contributed by atoms with Crippen molar-refractivity contribution in [3.63, 3.8) is 0 Å². The molecule has 6 nitrogen and oxygen atoms in total. The molecule has 4 N–H and O–H groups in total. The van der Waals surface area contributed by atoms with Gasteiger partial charge in [-0.2, -0.15) is 0 Å². The maximum atomic E-state index is 7.42. The van der Waals surface area contributed by atoms with E-state index in [1.807, 2.05) is 48.0 Å². The summed E-state index contributed by atoms with van der Waals surface area (Å²) in [5, 5.41) is 10.4. The van der Waals surface area contributed by atoms with Crippen molar-refractivity contribution in [1.29, 1.82) is 5.41 Å². The highest BCUT2D eigenvalue weighted by Crippen LogP contribution is 2.22. The minimum absolute atomic E-state index is 0.651. The Bertz CT molecular complexity index is 862. The van der Waals surface area contributed by atoms with Crippen LogP contribution in [0, 0.1) is 5.41 Å². The standard InChI is InChI=1S/C16H16N6/c1-19-15-4-2-3-13(21-15)14-9-20-16-6-5-11(10-22(14)16)12(7-17)8-18/h2-10,17H,18H2,1H3,(H,19,21)/b12-8+,17-7?. The molecule has 0 aliphatic heterocycles. The summed E-state index contributed by atoms with van der Waals surface area (Å²) < 4.78 is 1.95. The van der Waals surface area contributed by atoms with E-state index in [1.165, 1.54) is 12.4 Å². The van der Waals surface area contributed by atoms with E-state index in [1.54, 1.807) is 6.20 Å². The van der Waals surface area contributed by atoms with Crippen LogP contribution in [-0.4, -0.2) is 27.6 Å². The van der Waals surface area contributed by atoms with Gasteiger partial charge in [-0.3, -0.25) is 4.40 Å². The van der Waals surface area contributed by atoms with Crippen LogP contribution in [0.1, 0.15) is 5.56 Å². The van der Waals surface area contributed by atoms with Gasteiger partial charge in [0, 0.05) is 36.8 Å². The molecule has 22 heavy (non-hydrogen) atoms. The molecule has 3 heterocycles. The van der Waals surface area contributed by atoms with Crippen LogP contribution in [0.2, 0.25) is 0 Å². The lowest BCUT2D eigenvalue weighted by molar-refractivity contribution is 1.16. The smallest absolute Gasteiger partial charge is 0.137 e. The van der Waals surface area contributed by atoms with E-state index < -0.39 is 0 Å². The van der Waals surface area contributed by atoms with Crippen molar-refractivity contribution in [3.05, 3.63) is 54.5 Å². The summed E-state index contributed by atoms with van der Waals surface area (Å²) in [6, 6.07) is 9.58. The van der Waals surface area contributed by atoms with E-state index in [0.29, 0.717) is 5.57 Å². The number of allylic oxidation sites excluding steroid dienone is 1. The second-order valence-corrected chi connectivity index (χ2v) is 4.71. The number of anilines is 1. The van der Waals surface area contributed by atoms with Crippen molar-refractivity contribution >= 4 is 23.3 Å². The molecule has 110 valence electrons. The van der Waals surface area contributed by atoms with Crippen LogP contribution < -0.4 is 11.1 Å². The molecule has 6 heteroatoms. The summed E-state index contributed by atoms with van der Waals surface area (Å²) in [6.07, 6.45) is 6.36. The number of nitrogens with two attached hydrogens (primary N) is 1. The first kappa shape index (κ1) is 13.8. The SMILES string of the molecule is CNc1cccc(-c2cnc3ccc(/C(C=N)=C/N)cn23)n1. The van der Waals surface area contributed by atoms with Gasteiger partial charge in [0.05, 0.1) is 17.6 Å². The molecule has 0 amide bonds. The maximum absolute atomic E-state index is 7.42. The molecular formula is C16H16N6. The number of imidazole rings is 1. The van der Waals surface area contributed by atoms with Crippen molar-refractivity contribution < 1.29 is 0 Å². The molecule has 0 aliphatic rings. The first-order chi connectivity index (χ1) is 10.8. The Morgan fingerprint density at radius 1 is 1.32 bits per heavy atom. The largest absolute Gasteiger partial charge is 0.404 e. The Morgan fingerprint density at radius 2 is 2.18 bits per heavy atom. The molecule has 3 rings (SSSR count). The lowest BCUT2D eigenvalue weighted by Crippen LogP contribution is -1.97. The van der Waals surface area contributed by atoms with E-state index in [0.717, 1.165) is 28.4 Å².